The van der Waals surface area contributed by atoms with Crippen LogP contribution in [0.3, 0.4) is 0 Å². The van der Waals surface area contributed by atoms with Crippen LogP contribution in [0.4, 0.5) is 0 Å². The highest BCUT2D eigenvalue weighted by Gasteiger charge is 2.05. The van der Waals surface area contributed by atoms with E-state index in [0.29, 0.717) is 6.54 Å². The summed E-state index contributed by atoms with van der Waals surface area (Å²) in [5, 5.41) is 0. The largest absolute Gasteiger partial charge is 0.496 e. The van der Waals surface area contributed by atoms with Crippen LogP contribution in [0, 0.1) is 0 Å². The van der Waals surface area contributed by atoms with Gasteiger partial charge >= 0.3 is 0 Å². The molecule has 0 heterocycles. The predicted octanol–water partition coefficient (Wildman–Crippen LogP) is 3.51. The molecule has 0 fully saturated rings. The highest BCUT2D eigenvalue weighted by Crippen LogP contribution is 2.25. The number of hydrogen-bond acceptors (Lipinski definition) is 2. The van der Waals surface area contributed by atoms with Gasteiger partial charge in [-0.2, -0.15) is 0 Å². The van der Waals surface area contributed by atoms with Gasteiger partial charge < -0.3 is 10.5 Å². The molecule has 0 aliphatic rings. The molecule has 18 heavy (non-hydrogen) atoms. The lowest BCUT2D eigenvalue weighted by Crippen LogP contribution is -1.98. The maximum absolute atomic E-state index is 5.66. The van der Waals surface area contributed by atoms with Gasteiger partial charge in [0, 0.05) is 17.4 Å². The summed E-state index contributed by atoms with van der Waals surface area (Å²) in [5.41, 5.74) is 9.23. The van der Waals surface area contributed by atoms with Crippen LogP contribution in [0.1, 0.15) is 16.7 Å². The molecule has 0 saturated heterocycles. The Kier molecular flexibility index (Phi) is 4.39. The van der Waals surface area contributed by atoms with E-state index in [-0.39, 0.29) is 0 Å². The average Bonchev–Trinajstić information content (AvgIpc) is 2.39. The van der Waals surface area contributed by atoms with Crippen molar-refractivity contribution in [2.75, 3.05) is 7.11 Å². The van der Waals surface area contributed by atoms with Crippen molar-refractivity contribution in [2.45, 2.75) is 13.0 Å². The SMILES string of the molecule is COc1ccc(Br)cc1Cc1cccc(CN)c1. The quantitative estimate of drug-likeness (QED) is 0.938. The van der Waals surface area contributed by atoms with Gasteiger partial charge in [-0.05, 0) is 34.9 Å². The summed E-state index contributed by atoms with van der Waals surface area (Å²) in [7, 11) is 1.70. The van der Waals surface area contributed by atoms with Gasteiger partial charge in [0.1, 0.15) is 5.75 Å². The summed E-state index contributed by atoms with van der Waals surface area (Å²) >= 11 is 3.49. The number of benzene rings is 2. The molecule has 0 aliphatic heterocycles. The normalized spacial score (nSPS) is 10.4. The molecular weight excluding hydrogens is 290 g/mol. The Hall–Kier alpha value is -1.32. The van der Waals surface area contributed by atoms with Gasteiger partial charge in [-0.25, -0.2) is 0 Å². The number of nitrogens with two attached hydrogens (primary N) is 1. The third-order valence-electron chi connectivity index (χ3n) is 2.86. The van der Waals surface area contributed by atoms with E-state index in [1.165, 1.54) is 11.1 Å². The fourth-order valence-electron chi connectivity index (χ4n) is 1.97. The lowest BCUT2D eigenvalue weighted by molar-refractivity contribution is 0.410. The van der Waals surface area contributed by atoms with Crippen molar-refractivity contribution in [3.8, 4) is 5.75 Å². The molecule has 94 valence electrons. The summed E-state index contributed by atoms with van der Waals surface area (Å²) in [4.78, 5) is 0. The fraction of sp³-hybridized carbons (Fsp3) is 0.200. The minimum atomic E-state index is 0.573. The molecule has 2 aromatic rings. The molecule has 0 amide bonds. The van der Waals surface area contributed by atoms with Gasteiger partial charge in [0.05, 0.1) is 7.11 Å². The summed E-state index contributed by atoms with van der Waals surface area (Å²) in [6.07, 6.45) is 0.844. The Morgan fingerprint density at radius 3 is 2.61 bits per heavy atom. The number of halogens is 1. The minimum Gasteiger partial charge on any atom is -0.496 e. The van der Waals surface area contributed by atoms with Gasteiger partial charge in [-0.15, -0.1) is 0 Å². The summed E-state index contributed by atoms with van der Waals surface area (Å²) in [5.74, 6) is 0.913. The fourth-order valence-corrected chi connectivity index (χ4v) is 2.38. The van der Waals surface area contributed by atoms with Crippen molar-refractivity contribution in [3.05, 3.63) is 63.6 Å². The Labute approximate surface area is 116 Å². The van der Waals surface area contributed by atoms with Crippen LogP contribution >= 0.6 is 15.9 Å². The van der Waals surface area contributed by atoms with Crippen LogP contribution in [0.15, 0.2) is 46.9 Å². The Morgan fingerprint density at radius 1 is 1.11 bits per heavy atom. The maximum atomic E-state index is 5.66. The zero-order valence-electron chi connectivity index (χ0n) is 10.3. The summed E-state index contributed by atoms with van der Waals surface area (Å²) < 4.78 is 6.45. The van der Waals surface area contributed by atoms with Gasteiger partial charge in [-0.3, -0.25) is 0 Å². The average molecular weight is 306 g/mol. The molecule has 0 saturated carbocycles. The zero-order chi connectivity index (χ0) is 13.0. The smallest absolute Gasteiger partial charge is 0.122 e. The molecule has 0 unspecified atom stereocenters. The second-order valence-electron chi connectivity index (χ2n) is 4.16. The number of rotatable bonds is 4. The molecule has 0 spiro atoms. The molecule has 0 radical (unpaired) electrons. The Balaban J connectivity index is 2.29. The first kappa shape index (κ1) is 13.1. The van der Waals surface area contributed by atoms with Gasteiger partial charge in [0.2, 0.25) is 0 Å². The second-order valence-corrected chi connectivity index (χ2v) is 5.07. The highest BCUT2D eigenvalue weighted by atomic mass is 79.9. The molecule has 2 aromatic carbocycles. The lowest BCUT2D eigenvalue weighted by atomic mass is 10.0. The lowest BCUT2D eigenvalue weighted by Gasteiger charge is -2.10. The molecule has 3 heteroatoms. The first-order valence-electron chi connectivity index (χ1n) is 5.83. The standard InChI is InChI=1S/C15H16BrNO/c1-18-15-6-5-14(16)9-13(15)8-11-3-2-4-12(7-11)10-17/h2-7,9H,8,10,17H2,1H3. The van der Waals surface area contributed by atoms with Gasteiger partial charge in [-0.1, -0.05) is 40.2 Å². The monoisotopic (exact) mass is 305 g/mol. The minimum absolute atomic E-state index is 0.573. The summed E-state index contributed by atoms with van der Waals surface area (Å²) in [6, 6.07) is 14.4. The van der Waals surface area contributed by atoms with E-state index < -0.39 is 0 Å². The van der Waals surface area contributed by atoms with E-state index in [1.54, 1.807) is 7.11 Å². The molecule has 2 rings (SSSR count). The van der Waals surface area contributed by atoms with Gasteiger partial charge in [0.15, 0.2) is 0 Å². The van der Waals surface area contributed by atoms with Crippen LogP contribution in [0.25, 0.3) is 0 Å². The Morgan fingerprint density at radius 2 is 1.89 bits per heavy atom. The van der Waals surface area contributed by atoms with Crippen molar-refractivity contribution in [1.29, 1.82) is 0 Å². The van der Waals surface area contributed by atoms with E-state index in [0.717, 1.165) is 22.2 Å². The maximum Gasteiger partial charge on any atom is 0.122 e. The first-order valence-corrected chi connectivity index (χ1v) is 6.62. The van der Waals surface area contributed by atoms with Crippen LogP contribution in [-0.2, 0) is 13.0 Å². The molecule has 2 N–H and O–H groups in total. The molecule has 0 aliphatic carbocycles. The van der Waals surface area contributed by atoms with Crippen LogP contribution in [0.5, 0.6) is 5.75 Å². The van der Waals surface area contributed by atoms with Crippen molar-refractivity contribution in [3.63, 3.8) is 0 Å². The second kappa shape index (κ2) is 6.03. The van der Waals surface area contributed by atoms with E-state index in [4.69, 9.17) is 10.5 Å². The number of methoxy groups -OCH3 is 1. The third kappa shape index (κ3) is 3.12. The van der Waals surface area contributed by atoms with E-state index in [1.807, 2.05) is 24.3 Å². The third-order valence-corrected chi connectivity index (χ3v) is 3.36. The summed E-state index contributed by atoms with van der Waals surface area (Å²) in [6.45, 7) is 0.573. The van der Waals surface area contributed by atoms with Gasteiger partial charge in [0.25, 0.3) is 0 Å². The molecule has 0 aromatic heterocycles. The Bertz CT molecular complexity index is 540. The molecule has 2 nitrogen and oxygen atoms in total. The molecule has 0 bridgehead atoms. The topological polar surface area (TPSA) is 35.2 Å². The van der Waals surface area contributed by atoms with Crippen LogP contribution < -0.4 is 10.5 Å². The number of hydrogen-bond donors (Lipinski definition) is 1. The van der Waals surface area contributed by atoms with Crippen molar-refractivity contribution in [2.24, 2.45) is 5.73 Å². The van der Waals surface area contributed by atoms with Crippen LogP contribution in [0.2, 0.25) is 0 Å². The molecular formula is C15H16BrNO. The number of ether oxygens (including phenoxy) is 1. The van der Waals surface area contributed by atoms with Crippen LogP contribution in [-0.4, -0.2) is 7.11 Å². The predicted molar refractivity (Wildman–Crippen MR) is 77.8 cm³/mol. The van der Waals surface area contributed by atoms with E-state index in [2.05, 4.69) is 34.1 Å². The zero-order valence-corrected chi connectivity index (χ0v) is 11.9. The molecule has 0 atom stereocenters. The first-order chi connectivity index (χ1) is 8.72. The van der Waals surface area contributed by atoms with Crippen molar-refractivity contribution >= 4 is 15.9 Å². The van der Waals surface area contributed by atoms with Crippen molar-refractivity contribution in [1.82, 2.24) is 0 Å². The van der Waals surface area contributed by atoms with E-state index in [9.17, 15) is 0 Å². The van der Waals surface area contributed by atoms with Crippen molar-refractivity contribution < 1.29 is 4.74 Å². The van der Waals surface area contributed by atoms with E-state index >= 15 is 0 Å². The highest BCUT2D eigenvalue weighted by molar-refractivity contribution is 9.10.